The lowest BCUT2D eigenvalue weighted by atomic mass is 10.1. The molecule has 1 heterocycles. The molecule has 8 nitrogen and oxygen atoms in total. The smallest absolute Gasteiger partial charge is 0.313 e. The number of amides is 2. The zero-order valence-electron chi connectivity index (χ0n) is 12.7. The first kappa shape index (κ1) is 17.6. The Balaban J connectivity index is 1.90. The molecule has 0 spiro atoms. The second kappa shape index (κ2) is 7.20. The zero-order chi connectivity index (χ0) is 17.7. The van der Waals surface area contributed by atoms with E-state index in [2.05, 4.69) is 10.6 Å². The van der Waals surface area contributed by atoms with Crippen molar-refractivity contribution in [1.82, 2.24) is 5.32 Å². The van der Waals surface area contributed by atoms with Crippen molar-refractivity contribution in [3.05, 3.63) is 56.8 Å². The molecular weight excluding hydrogens is 334 g/mol. The van der Waals surface area contributed by atoms with Gasteiger partial charge in [-0.15, -0.1) is 11.3 Å². The number of rotatable bonds is 5. The van der Waals surface area contributed by atoms with Gasteiger partial charge in [-0.2, -0.15) is 0 Å². The number of anilines is 1. The van der Waals surface area contributed by atoms with E-state index in [1.54, 1.807) is 17.5 Å². The standard InChI is InChI=1S/C15H15N3O5S/c1-15(21,12-3-2-8-24-12)9-16-13(19)14(20)17-10-4-6-11(7-5-10)18(22)23/h2-8,21H,9H2,1H3,(H,16,19)(H,17,20). The minimum Gasteiger partial charge on any atom is -0.383 e. The van der Waals surface area contributed by atoms with Crippen LogP contribution in [-0.2, 0) is 15.2 Å². The van der Waals surface area contributed by atoms with Gasteiger partial charge in [-0.3, -0.25) is 19.7 Å². The van der Waals surface area contributed by atoms with Crippen LogP contribution in [0.2, 0.25) is 0 Å². The van der Waals surface area contributed by atoms with Gasteiger partial charge in [-0.25, -0.2) is 0 Å². The first-order valence-corrected chi connectivity index (χ1v) is 7.77. The summed E-state index contributed by atoms with van der Waals surface area (Å²) >= 11 is 1.34. The topological polar surface area (TPSA) is 122 Å². The third-order valence-electron chi connectivity index (χ3n) is 3.19. The maximum absolute atomic E-state index is 11.8. The first-order chi connectivity index (χ1) is 11.3. The van der Waals surface area contributed by atoms with E-state index in [1.807, 2.05) is 0 Å². The minimum absolute atomic E-state index is 0.121. The largest absolute Gasteiger partial charge is 0.383 e. The van der Waals surface area contributed by atoms with Crippen molar-refractivity contribution in [1.29, 1.82) is 0 Å². The molecule has 0 aliphatic rings. The van der Waals surface area contributed by atoms with Gasteiger partial charge in [0.1, 0.15) is 5.60 Å². The molecule has 0 saturated heterocycles. The quantitative estimate of drug-likeness (QED) is 0.430. The summed E-state index contributed by atoms with van der Waals surface area (Å²) in [6.45, 7) is 1.41. The Kier molecular flexibility index (Phi) is 5.27. The highest BCUT2D eigenvalue weighted by atomic mass is 32.1. The fourth-order valence-electron chi connectivity index (χ4n) is 1.86. The highest BCUT2D eigenvalue weighted by Crippen LogP contribution is 2.24. The molecule has 2 rings (SSSR count). The van der Waals surface area contributed by atoms with Crippen molar-refractivity contribution in [2.24, 2.45) is 0 Å². The second-order valence-electron chi connectivity index (χ2n) is 5.19. The Morgan fingerprint density at radius 3 is 2.46 bits per heavy atom. The molecule has 0 fully saturated rings. The van der Waals surface area contributed by atoms with Crippen LogP contribution < -0.4 is 10.6 Å². The van der Waals surface area contributed by atoms with E-state index in [9.17, 15) is 24.8 Å². The molecule has 9 heteroatoms. The van der Waals surface area contributed by atoms with E-state index in [0.29, 0.717) is 4.88 Å². The number of nitro groups is 1. The van der Waals surface area contributed by atoms with E-state index < -0.39 is 22.3 Å². The fraction of sp³-hybridized carbons (Fsp3) is 0.200. The number of carbonyl (C=O) groups is 2. The number of aliphatic hydroxyl groups is 1. The van der Waals surface area contributed by atoms with Gasteiger partial charge in [-0.05, 0) is 30.5 Å². The van der Waals surface area contributed by atoms with Crippen molar-refractivity contribution in [2.45, 2.75) is 12.5 Å². The van der Waals surface area contributed by atoms with Crippen LogP contribution in [-0.4, -0.2) is 28.4 Å². The molecule has 1 atom stereocenters. The number of benzene rings is 1. The molecule has 2 aromatic rings. The molecule has 1 aromatic carbocycles. The highest BCUT2D eigenvalue weighted by molar-refractivity contribution is 7.10. The van der Waals surface area contributed by atoms with Gasteiger partial charge in [0.05, 0.1) is 11.5 Å². The lowest BCUT2D eigenvalue weighted by Crippen LogP contribution is -2.42. The van der Waals surface area contributed by atoms with Gasteiger partial charge >= 0.3 is 11.8 Å². The average Bonchev–Trinajstić information content (AvgIpc) is 3.08. The van der Waals surface area contributed by atoms with Crippen LogP contribution in [0.4, 0.5) is 11.4 Å². The molecule has 0 radical (unpaired) electrons. The third-order valence-corrected chi connectivity index (χ3v) is 4.31. The molecule has 0 saturated carbocycles. The van der Waals surface area contributed by atoms with Gasteiger partial charge in [0, 0.05) is 22.7 Å². The number of hydrogen-bond donors (Lipinski definition) is 3. The van der Waals surface area contributed by atoms with Gasteiger partial charge < -0.3 is 15.7 Å². The van der Waals surface area contributed by atoms with E-state index >= 15 is 0 Å². The van der Waals surface area contributed by atoms with Crippen LogP contribution in [0.15, 0.2) is 41.8 Å². The van der Waals surface area contributed by atoms with Crippen molar-refractivity contribution >= 4 is 34.5 Å². The second-order valence-corrected chi connectivity index (χ2v) is 6.14. The fourth-order valence-corrected chi connectivity index (χ4v) is 2.65. The summed E-state index contributed by atoms with van der Waals surface area (Å²) in [7, 11) is 0. The molecule has 0 aliphatic heterocycles. The molecule has 0 aliphatic carbocycles. The Hall–Kier alpha value is -2.78. The number of nitro benzene ring substituents is 1. The predicted octanol–water partition coefficient (Wildman–Crippen LogP) is 1.62. The van der Waals surface area contributed by atoms with Gasteiger partial charge in [0.2, 0.25) is 0 Å². The maximum Gasteiger partial charge on any atom is 0.313 e. The monoisotopic (exact) mass is 349 g/mol. The Morgan fingerprint density at radius 2 is 1.92 bits per heavy atom. The summed E-state index contributed by atoms with van der Waals surface area (Å²) in [6, 6.07) is 8.59. The average molecular weight is 349 g/mol. The van der Waals surface area contributed by atoms with Crippen LogP contribution in [0.1, 0.15) is 11.8 Å². The summed E-state index contributed by atoms with van der Waals surface area (Å²) in [5, 5.41) is 27.3. The van der Waals surface area contributed by atoms with Crippen molar-refractivity contribution in [3.8, 4) is 0 Å². The molecule has 126 valence electrons. The summed E-state index contributed by atoms with van der Waals surface area (Å²) in [4.78, 5) is 34.2. The van der Waals surface area contributed by atoms with Crippen LogP contribution in [0.5, 0.6) is 0 Å². The van der Waals surface area contributed by atoms with Crippen molar-refractivity contribution in [2.75, 3.05) is 11.9 Å². The summed E-state index contributed by atoms with van der Waals surface area (Å²) in [5.74, 6) is -1.84. The zero-order valence-corrected chi connectivity index (χ0v) is 13.5. The van der Waals surface area contributed by atoms with E-state index in [1.165, 1.54) is 42.5 Å². The van der Waals surface area contributed by atoms with Crippen molar-refractivity contribution < 1.29 is 19.6 Å². The van der Waals surface area contributed by atoms with Crippen LogP contribution in [0.3, 0.4) is 0 Å². The summed E-state index contributed by atoms with van der Waals surface area (Å²) < 4.78 is 0. The number of nitrogens with one attached hydrogen (secondary N) is 2. The van der Waals surface area contributed by atoms with Crippen molar-refractivity contribution in [3.63, 3.8) is 0 Å². The van der Waals surface area contributed by atoms with Crippen LogP contribution in [0, 0.1) is 10.1 Å². The molecule has 0 bridgehead atoms. The van der Waals surface area contributed by atoms with E-state index in [0.717, 1.165) is 0 Å². The molecule has 24 heavy (non-hydrogen) atoms. The Labute approximate surface area is 141 Å². The molecule has 1 aromatic heterocycles. The van der Waals surface area contributed by atoms with Gasteiger partial charge in [0.15, 0.2) is 0 Å². The Bertz CT molecular complexity index is 741. The number of nitrogens with zero attached hydrogens (tertiary/aromatic N) is 1. The summed E-state index contributed by atoms with van der Waals surface area (Å²) in [6.07, 6.45) is 0. The number of carbonyl (C=O) groups excluding carboxylic acids is 2. The normalized spacial score (nSPS) is 12.9. The van der Waals surface area contributed by atoms with E-state index in [-0.39, 0.29) is 17.9 Å². The SMILES string of the molecule is CC(O)(CNC(=O)C(=O)Nc1ccc([N+](=O)[O-])cc1)c1cccs1. The van der Waals surface area contributed by atoms with Crippen LogP contribution >= 0.6 is 11.3 Å². The predicted molar refractivity (Wildman–Crippen MR) is 88.6 cm³/mol. The molecule has 1 unspecified atom stereocenters. The first-order valence-electron chi connectivity index (χ1n) is 6.89. The number of hydrogen-bond acceptors (Lipinski definition) is 6. The maximum atomic E-state index is 11.8. The highest BCUT2D eigenvalue weighted by Gasteiger charge is 2.26. The Morgan fingerprint density at radius 1 is 1.25 bits per heavy atom. The van der Waals surface area contributed by atoms with Gasteiger partial charge in [-0.1, -0.05) is 6.07 Å². The molecule has 3 N–H and O–H groups in total. The lowest BCUT2D eigenvalue weighted by Gasteiger charge is -2.22. The van der Waals surface area contributed by atoms with Crippen LogP contribution in [0.25, 0.3) is 0 Å². The van der Waals surface area contributed by atoms with Gasteiger partial charge in [0.25, 0.3) is 5.69 Å². The summed E-state index contributed by atoms with van der Waals surface area (Å²) in [5.41, 5.74) is -1.15. The molecule has 2 amide bonds. The number of non-ortho nitro benzene ring substituents is 1. The number of thiophene rings is 1. The minimum atomic E-state index is -1.28. The third kappa shape index (κ3) is 4.37. The lowest BCUT2D eigenvalue weighted by molar-refractivity contribution is -0.384. The molecular formula is C15H15N3O5S. The van der Waals surface area contributed by atoms with E-state index in [4.69, 9.17) is 0 Å².